The van der Waals surface area contributed by atoms with E-state index in [0.717, 1.165) is 30.8 Å². The summed E-state index contributed by atoms with van der Waals surface area (Å²) in [4.78, 5) is 0. The Labute approximate surface area is 108 Å². The largest absolute Gasteiger partial charge is 0.461 e. The highest BCUT2D eigenvalue weighted by Crippen LogP contribution is 2.45. The molecule has 1 saturated heterocycles. The Bertz CT molecular complexity index is 566. The van der Waals surface area contributed by atoms with Gasteiger partial charge in [-0.2, -0.15) is 0 Å². The second kappa shape index (κ2) is 3.88. The van der Waals surface area contributed by atoms with E-state index in [1.54, 1.807) is 0 Å². The smallest absolute Gasteiger partial charge is 0.133 e. The second-order valence-electron chi connectivity index (χ2n) is 5.19. The predicted molar refractivity (Wildman–Crippen MR) is 71.2 cm³/mol. The van der Waals surface area contributed by atoms with E-state index in [4.69, 9.17) is 4.74 Å². The minimum atomic E-state index is 0.473. The average Bonchev–Trinajstić information content (AvgIpc) is 2.45. The fraction of sp³-hybridized carbons (Fsp3) is 0.294. The number of hydrogen-bond acceptors (Lipinski definition) is 1. The fourth-order valence-electron chi connectivity index (χ4n) is 3.19. The zero-order valence-electron chi connectivity index (χ0n) is 10.2. The van der Waals surface area contributed by atoms with Gasteiger partial charge in [0.2, 0.25) is 0 Å². The summed E-state index contributed by atoms with van der Waals surface area (Å²) in [5.41, 5.74) is 2.76. The Morgan fingerprint density at radius 1 is 1.22 bits per heavy atom. The van der Waals surface area contributed by atoms with Crippen molar-refractivity contribution >= 4 is 0 Å². The Balaban J connectivity index is 1.74. The lowest BCUT2D eigenvalue weighted by Crippen LogP contribution is -2.27. The first-order valence-electron chi connectivity index (χ1n) is 6.66. The van der Waals surface area contributed by atoms with Crippen molar-refractivity contribution in [3.05, 3.63) is 71.3 Å². The van der Waals surface area contributed by atoms with E-state index in [-0.39, 0.29) is 0 Å². The zero-order valence-corrected chi connectivity index (χ0v) is 10.2. The van der Waals surface area contributed by atoms with Gasteiger partial charge in [-0.25, -0.2) is 0 Å². The zero-order chi connectivity index (χ0) is 11.9. The highest BCUT2D eigenvalue weighted by atomic mass is 16.5. The summed E-state index contributed by atoms with van der Waals surface area (Å²) in [5.74, 6) is 3.06. The third-order valence-electron chi connectivity index (χ3n) is 4.11. The van der Waals surface area contributed by atoms with Crippen molar-refractivity contribution in [2.75, 3.05) is 0 Å². The van der Waals surface area contributed by atoms with E-state index in [0.29, 0.717) is 11.8 Å². The van der Waals surface area contributed by atoms with Gasteiger partial charge in [-0.05, 0) is 36.5 Å². The van der Waals surface area contributed by atoms with Crippen LogP contribution in [0, 0.1) is 17.9 Å². The maximum atomic E-state index is 6.04. The Hall–Kier alpha value is -1.76. The van der Waals surface area contributed by atoms with Crippen LogP contribution in [0.15, 0.2) is 65.2 Å². The molecule has 0 spiro atoms. The van der Waals surface area contributed by atoms with Crippen LogP contribution < -0.4 is 0 Å². The SMILES string of the molecule is [C]1=C2OC3=CC=C4C=CC=CC4C3CC2=CCC1. The van der Waals surface area contributed by atoms with Gasteiger partial charge in [0.25, 0.3) is 0 Å². The van der Waals surface area contributed by atoms with Gasteiger partial charge in [-0.3, -0.25) is 0 Å². The lowest BCUT2D eigenvalue weighted by Gasteiger charge is -2.37. The Morgan fingerprint density at radius 2 is 2.22 bits per heavy atom. The first-order chi connectivity index (χ1) is 8.92. The molecular weight excluding hydrogens is 220 g/mol. The molecular formula is C17H15O. The number of rotatable bonds is 0. The van der Waals surface area contributed by atoms with Crippen LogP contribution in [0.2, 0.25) is 0 Å². The van der Waals surface area contributed by atoms with Crippen molar-refractivity contribution in [3.63, 3.8) is 0 Å². The van der Waals surface area contributed by atoms with E-state index in [9.17, 15) is 0 Å². The summed E-state index contributed by atoms with van der Waals surface area (Å²) in [6.07, 6.45) is 22.0. The maximum absolute atomic E-state index is 6.04. The maximum Gasteiger partial charge on any atom is 0.133 e. The van der Waals surface area contributed by atoms with Crippen LogP contribution >= 0.6 is 0 Å². The number of fused-ring (bicyclic) bond motifs is 4. The van der Waals surface area contributed by atoms with Gasteiger partial charge in [-0.15, -0.1) is 0 Å². The van der Waals surface area contributed by atoms with Crippen molar-refractivity contribution in [1.29, 1.82) is 0 Å². The molecule has 3 aliphatic carbocycles. The molecule has 1 nitrogen and oxygen atoms in total. The molecule has 1 heteroatoms. The van der Waals surface area contributed by atoms with E-state index >= 15 is 0 Å². The molecule has 0 aromatic rings. The van der Waals surface area contributed by atoms with E-state index in [1.807, 2.05) is 0 Å². The predicted octanol–water partition coefficient (Wildman–Crippen LogP) is 4.00. The molecule has 1 fully saturated rings. The van der Waals surface area contributed by atoms with Crippen molar-refractivity contribution in [3.8, 4) is 0 Å². The first kappa shape index (κ1) is 10.2. The van der Waals surface area contributed by atoms with E-state index < -0.39 is 0 Å². The summed E-state index contributed by atoms with van der Waals surface area (Å²) in [6, 6.07) is 0. The second-order valence-corrected chi connectivity index (χ2v) is 5.19. The van der Waals surface area contributed by atoms with Gasteiger partial charge >= 0.3 is 0 Å². The molecule has 0 N–H and O–H groups in total. The van der Waals surface area contributed by atoms with Gasteiger partial charge < -0.3 is 4.74 Å². The highest BCUT2D eigenvalue weighted by Gasteiger charge is 2.35. The Morgan fingerprint density at radius 3 is 3.22 bits per heavy atom. The molecule has 0 saturated carbocycles. The van der Waals surface area contributed by atoms with E-state index in [1.165, 1.54) is 11.1 Å². The highest BCUT2D eigenvalue weighted by molar-refractivity contribution is 5.44. The Kier molecular flexibility index (Phi) is 2.19. The minimum Gasteiger partial charge on any atom is -0.461 e. The van der Waals surface area contributed by atoms with Crippen molar-refractivity contribution in [2.45, 2.75) is 19.3 Å². The van der Waals surface area contributed by atoms with Crippen LogP contribution in [0.3, 0.4) is 0 Å². The van der Waals surface area contributed by atoms with Gasteiger partial charge in [0.05, 0.1) is 0 Å². The third kappa shape index (κ3) is 1.47. The van der Waals surface area contributed by atoms with Crippen LogP contribution in [-0.2, 0) is 4.74 Å². The summed E-state index contributed by atoms with van der Waals surface area (Å²) in [5, 5.41) is 0. The molecule has 0 bridgehead atoms. The topological polar surface area (TPSA) is 9.23 Å². The van der Waals surface area contributed by atoms with Gasteiger partial charge in [0.1, 0.15) is 11.5 Å². The lowest BCUT2D eigenvalue weighted by molar-refractivity contribution is 0.205. The molecule has 4 rings (SSSR count). The van der Waals surface area contributed by atoms with Crippen LogP contribution in [0.5, 0.6) is 0 Å². The third-order valence-corrected chi connectivity index (χ3v) is 4.11. The minimum absolute atomic E-state index is 0.473. The molecule has 0 aromatic carbocycles. The van der Waals surface area contributed by atoms with Crippen LogP contribution in [0.1, 0.15) is 19.3 Å². The quantitative estimate of drug-likeness (QED) is 0.616. The van der Waals surface area contributed by atoms with Gasteiger partial charge in [0, 0.05) is 17.9 Å². The number of hydrogen-bond donors (Lipinski definition) is 0. The van der Waals surface area contributed by atoms with Crippen molar-refractivity contribution in [1.82, 2.24) is 0 Å². The molecule has 0 amide bonds. The van der Waals surface area contributed by atoms with Crippen molar-refractivity contribution in [2.24, 2.45) is 11.8 Å². The van der Waals surface area contributed by atoms with Crippen LogP contribution in [-0.4, -0.2) is 0 Å². The lowest BCUT2D eigenvalue weighted by atomic mass is 9.74. The molecule has 2 atom stereocenters. The summed E-state index contributed by atoms with van der Waals surface area (Å²) >= 11 is 0. The van der Waals surface area contributed by atoms with E-state index in [2.05, 4.69) is 48.6 Å². The molecule has 2 unspecified atom stereocenters. The molecule has 4 aliphatic rings. The van der Waals surface area contributed by atoms with Crippen LogP contribution in [0.4, 0.5) is 0 Å². The first-order valence-corrected chi connectivity index (χ1v) is 6.66. The molecule has 1 radical (unpaired) electrons. The fourth-order valence-corrected chi connectivity index (χ4v) is 3.19. The molecule has 1 heterocycles. The number of allylic oxidation sites excluding steroid dienone is 11. The van der Waals surface area contributed by atoms with Gasteiger partial charge in [0.15, 0.2) is 0 Å². The molecule has 0 aromatic heterocycles. The normalized spacial score (nSPS) is 32.0. The number of ether oxygens (including phenoxy) is 1. The monoisotopic (exact) mass is 235 g/mol. The molecule has 89 valence electrons. The molecule has 1 aliphatic heterocycles. The molecule has 18 heavy (non-hydrogen) atoms. The van der Waals surface area contributed by atoms with Gasteiger partial charge in [-0.1, -0.05) is 36.5 Å². The summed E-state index contributed by atoms with van der Waals surface area (Å²) < 4.78 is 6.04. The van der Waals surface area contributed by atoms with Crippen LogP contribution in [0.25, 0.3) is 0 Å². The average molecular weight is 235 g/mol. The van der Waals surface area contributed by atoms with Crippen molar-refractivity contribution < 1.29 is 4.74 Å². The standard InChI is InChI=1S/C17H15O/c1-3-7-14-12(5-1)9-10-17-15(14)11-13-6-2-4-8-16(13)18-17/h1,3,5-7,9-10,14-15H,2,4,11H2. The summed E-state index contributed by atoms with van der Waals surface area (Å²) in [7, 11) is 0. The summed E-state index contributed by atoms with van der Waals surface area (Å²) in [6.45, 7) is 0.